The first kappa shape index (κ1) is 24.1. The third kappa shape index (κ3) is 4.90. The number of aryl methyl sites for hydroxylation is 2. The molecule has 4 rings (SSSR count). The van der Waals surface area contributed by atoms with Crippen LogP contribution in [0.2, 0.25) is 0 Å². The SMILES string of the molecule is CCc1cccc(CC)c1-n1c(SCc2csc(N(CC)C(C)=O)n2)nnc1-c1cccnc1. The van der Waals surface area contributed by atoms with Gasteiger partial charge < -0.3 is 0 Å². The summed E-state index contributed by atoms with van der Waals surface area (Å²) in [5.74, 6) is 1.41. The number of pyridine rings is 1. The van der Waals surface area contributed by atoms with Crippen LogP contribution in [0.1, 0.15) is 44.5 Å². The van der Waals surface area contributed by atoms with E-state index >= 15 is 0 Å². The molecular weight excluding hydrogens is 464 g/mol. The Morgan fingerprint density at radius 1 is 1.09 bits per heavy atom. The number of aromatic nitrogens is 5. The van der Waals surface area contributed by atoms with Crippen LogP contribution in [0.15, 0.2) is 53.3 Å². The minimum Gasteiger partial charge on any atom is -0.289 e. The van der Waals surface area contributed by atoms with Crippen LogP contribution in [-0.2, 0) is 23.4 Å². The molecule has 0 aliphatic rings. The third-order valence-corrected chi connectivity index (χ3v) is 7.43. The molecule has 0 unspecified atom stereocenters. The van der Waals surface area contributed by atoms with Crippen LogP contribution < -0.4 is 4.90 Å². The lowest BCUT2D eigenvalue weighted by Gasteiger charge is -2.17. The van der Waals surface area contributed by atoms with Gasteiger partial charge in [-0.1, -0.05) is 43.8 Å². The van der Waals surface area contributed by atoms with E-state index in [1.54, 1.807) is 29.8 Å². The Labute approximate surface area is 208 Å². The molecule has 0 saturated heterocycles. The fourth-order valence-corrected chi connectivity index (χ4v) is 5.74. The molecule has 0 atom stereocenters. The highest BCUT2D eigenvalue weighted by atomic mass is 32.2. The average molecular weight is 493 g/mol. The average Bonchev–Trinajstić information content (AvgIpc) is 3.50. The van der Waals surface area contributed by atoms with E-state index in [1.807, 2.05) is 30.6 Å². The summed E-state index contributed by atoms with van der Waals surface area (Å²) in [4.78, 5) is 22.6. The number of carbonyl (C=O) groups is 1. The summed E-state index contributed by atoms with van der Waals surface area (Å²) in [5.41, 5.74) is 5.49. The molecule has 7 nitrogen and oxygen atoms in total. The topological polar surface area (TPSA) is 76.8 Å². The molecule has 0 N–H and O–H groups in total. The van der Waals surface area contributed by atoms with Crippen LogP contribution in [-0.4, -0.2) is 37.2 Å². The summed E-state index contributed by atoms with van der Waals surface area (Å²) in [5, 5.41) is 12.7. The standard InChI is InChI=1S/C25H28N6OS2/c1-5-18-10-8-11-19(6-2)22(18)31-23(20-12-9-13-26-14-20)28-29-25(31)34-16-21-15-33-24(27-21)30(7-3)17(4)32/h8-15H,5-7,16H2,1-4H3. The zero-order valence-electron chi connectivity index (χ0n) is 19.9. The molecule has 34 heavy (non-hydrogen) atoms. The Balaban J connectivity index is 1.74. The van der Waals surface area contributed by atoms with Crippen LogP contribution in [0, 0.1) is 0 Å². The normalized spacial score (nSPS) is 11.1. The Morgan fingerprint density at radius 2 is 1.85 bits per heavy atom. The smallest absolute Gasteiger partial charge is 0.225 e. The van der Waals surface area contributed by atoms with E-state index in [9.17, 15) is 4.79 Å². The van der Waals surface area contributed by atoms with Crippen molar-refractivity contribution < 1.29 is 4.79 Å². The number of benzene rings is 1. The number of para-hydroxylation sites is 1. The van der Waals surface area contributed by atoms with Gasteiger partial charge in [-0.15, -0.1) is 21.5 Å². The molecule has 1 amide bonds. The van der Waals surface area contributed by atoms with E-state index in [1.165, 1.54) is 22.5 Å². The van der Waals surface area contributed by atoms with Crippen molar-refractivity contribution in [3.05, 3.63) is 64.9 Å². The summed E-state index contributed by atoms with van der Waals surface area (Å²) in [6, 6.07) is 10.4. The molecule has 1 aromatic carbocycles. The number of hydrogen-bond acceptors (Lipinski definition) is 7. The maximum absolute atomic E-state index is 11.9. The minimum absolute atomic E-state index is 0.000163. The van der Waals surface area contributed by atoms with Crippen molar-refractivity contribution in [2.75, 3.05) is 11.4 Å². The number of hydrogen-bond donors (Lipinski definition) is 0. The van der Waals surface area contributed by atoms with Gasteiger partial charge in [0.25, 0.3) is 0 Å². The minimum atomic E-state index is 0.000163. The van der Waals surface area contributed by atoms with Crippen LogP contribution >= 0.6 is 23.1 Å². The van der Waals surface area contributed by atoms with Crippen molar-refractivity contribution in [1.82, 2.24) is 24.7 Å². The largest absolute Gasteiger partial charge is 0.289 e. The Hall–Kier alpha value is -3.04. The fourth-order valence-electron chi connectivity index (χ4n) is 3.87. The molecule has 0 radical (unpaired) electrons. The van der Waals surface area contributed by atoms with Gasteiger partial charge in [0.15, 0.2) is 16.1 Å². The lowest BCUT2D eigenvalue weighted by molar-refractivity contribution is -0.116. The molecule has 0 aliphatic heterocycles. The Morgan fingerprint density at radius 3 is 2.47 bits per heavy atom. The maximum Gasteiger partial charge on any atom is 0.225 e. The summed E-state index contributed by atoms with van der Waals surface area (Å²) in [6.07, 6.45) is 5.40. The molecule has 4 aromatic rings. The molecule has 3 aromatic heterocycles. The summed E-state index contributed by atoms with van der Waals surface area (Å²) in [7, 11) is 0. The van der Waals surface area contributed by atoms with E-state index in [0.29, 0.717) is 12.3 Å². The fraction of sp³-hybridized carbons (Fsp3) is 0.320. The first-order valence-corrected chi connectivity index (χ1v) is 13.3. The summed E-state index contributed by atoms with van der Waals surface area (Å²) < 4.78 is 2.17. The monoisotopic (exact) mass is 492 g/mol. The maximum atomic E-state index is 11.9. The first-order chi connectivity index (χ1) is 16.6. The van der Waals surface area contributed by atoms with Gasteiger partial charge in [-0.05, 0) is 43.0 Å². The van der Waals surface area contributed by atoms with E-state index in [4.69, 9.17) is 0 Å². The second kappa shape index (κ2) is 10.9. The van der Waals surface area contributed by atoms with Crippen LogP contribution in [0.25, 0.3) is 17.1 Å². The van der Waals surface area contributed by atoms with E-state index in [-0.39, 0.29) is 5.91 Å². The number of thioether (sulfide) groups is 1. The van der Waals surface area contributed by atoms with Crippen molar-refractivity contribution in [3.63, 3.8) is 0 Å². The Kier molecular flexibility index (Phi) is 7.74. The van der Waals surface area contributed by atoms with Crippen LogP contribution in [0.3, 0.4) is 0 Å². The van der Waals surface area contributed by atoms with Crippen molar-refractivity contribution in [1.29, 1.82) is 0 Å². The third-order valence-electron chi connectivity index (χ3n) is 5.56. The molecule has 3 heterocycles. The van der Waals surface area contributed by atoms with Gasteiger partial charge in [0, 0.05) is 42.6 Å². The molecule has 0 spiro atoms. The highest BCUT2D eigenvalue weighted by Gasteiger charge is 2.21. The summed E-state index contributed by atoms with van der Waals surface area (Å²) in [6.45, 7) is 8.47. The summed E-state index contributed by atoms with van der Waals surface area (Å²) >= 11 is 3.09. The van der Waals surface area contributed by atoms with Gasteiger partial charge in [-0.2, -0.15) is 0 Å². The number of rotatable bonds is 9. The van der Waals surface area contributed by atoms with Gasteiger partial charge in [-0.25, -0.2) is 4.98 Å². The molecular formula is C25H28N6OS2. The van der Waals surface area contributed by atoms with Gasteiger partial charge in [-0.3, -0.25) is 19.2 Å². The van der Waals surface area contributed by atoms with E-state index in [2.05, 4.69) is 56.8 Å². The van der Waals surface area contributed by atoms with Gasteiger partial charge in [0.05, 0.1) is 11.4 Å². The zero-order chi connectivity index (χ0) is 24.1. The van der Waals surface area contributed by atoms with Crippen molar-refractivity contribution in [3.8, 4) is 17.1 Å². The number of amides is 1. The molecule has 0 fully saturated rings. The highest BCUT2D eigenvalue weighted by Crippen LogP contribution is 2.34. The number of carbonyl (C=O) groups excluding carboxylic acids is 1. The molecule has 176 valence electrons. The zero-order valence-corrected chi connectivity index (χ0v) is 21.5. The second-order valence-corrected chi connectivity index (χ2v) is 9.47. The van der Waals surface area contributed by atoms with E-state index in [0.717, 1.165) is 45.9 Å². The Bertz CT molecular complexity index is 1250. The lowest BCUT2D eigenvalue weighted by atomic mass is 10.0. The second-order valence-electron chi connectivity index (χ2n) is 7.69. The quantitative estimate of drug-likeness (QED) is 0.284. The van der Waals surface area contributed by atoms with Crippen molar-refractivity contribution in [2.45, 2.75) is 51.4 Å². The molecule has 0 bridgehead atoms. The van der Waals surface area contributed by atoms with Crippen LogP contribution in [0.5, 0.6) is 0 Å². The molecule has 0 saturated carbocycles. The van der Waals surface area contributed by atoms with Gasteiger partial charge in [0.2, 0.25) is 5.91 Å². The first-order valence-electron chi connectivity index (χ1n) is 11.4. The number of anilines is 1. The number of thiazole rings is 1. The van der Waals surface area contributed by atoms with E-state index < -0.39 is 0 Å². The van der Waals surface area contributed by atoms with Crippen LogP contribution in [0.4, 0.5) is 5.13 Å². The predicted octanol–water partition coefficient (Wildman–Crippen LogP) is 5.58. The molecule has 9 heteroatoms. The predicted molar refractivity (Wildman–Crippen MR) is 139 cm³/mol. The van der Waals surface area contributed by atoms with Crippen molar-refractivity contribution in [2.24, 2.45) is 0 Å². The highest BCUT2D eigenvalue weighted by molar-refractivity contribution is 7.98. The van der Waals surface area contributed by atoms with Gasteiger partial charge in [0.1, 0.15) is 0 Å². The number of nitrogens with zero attached hydrogens (tertiary/aromatic N) is 6. The van der Waals surface area contributed by atoms with Gasteiger partial charge >= 0.3 is 0 Å². The lowest BCUT2D eigenvalue weighted by Crippen LogP contribution is -2.27. The van der Waals surface area contributed by atoms with Crippen molar-refractivity contribution >= 4 is 34.1 Å². The molecule has 0 aliphatic carbocycles.